The van der Waals surface area contributed by atoms with Gasteiger partial charge in [0.1, 0.15) is 5.82 Å². The van der Waals surface area contributed by atoms with Crippen molar-refractivity contribution in [3.05, 3.63) is 24.1 Å². The first-order valence-corrected chi connectivity index (χ1v) is 6.16. The van der Waals surface area contributed by atoms with Gasteiger partial charge in [-0.25, -0.2) is 8.91 Å². The molecule has 96 valence electrons. The minimum absolute atomic E-state index is 0.185. The predicted molar refractivity (Wildman–Crippen MR) is 66.9 cm³/mol. The molecule has 0 bridgehead atoms. The Morgan fingerprint density at radius 1 is 1.50 bits per heavy atom. The van der Waals surface area contributed by atoms with Gasteiger partial charge in [-0.05, 0) is 31.4 Å². The quantitative estimate of drug-likeness (QED) is 0.864. The van der Waals surface area contributed by atoms with Crippen LogP contribution >= 0.6 is 0 Å². The molecule has 3 heterocycles. The van der Waals surface area contributed by atoms with Crippen LogP contribution in [0.5, 0.6) is 0 Å². The Bertz CT molecular complexity index is 565. The maximum Gasteiger partial charge on any atom is 0.245 e. The number of anilines is 1. The van der Waals surface area contributed by atoms with Crippen molar-refractivity contribution in [1.82, 2.24) is 14.6 Å². The SMILES string of the molecule is CC(N)C1CCN(c2nc3ccc(F)cn3n2)C1. The number of rotatable bonds is 2. The summed E-state index contributed by atoms with van der Waals surface area (Å²) in [7, 11) is 0. The van der Waals surface area contributed by atoms with Gasteiger partial charge in [-0.1, -0.05) is 0 Å². The lowest BCUT2D eigenvalue weighted by Gasteiger charge is -2.15. The summed E-state index contributed by atoms with van der Waals surface area (Å²) in [5.74, 6) is 0.825. The summed E-state index contributed by atoms with van der Waals surface area (Å²) in [6.07, 6.45) is 2.40. The Morgan fingerprint density at radius 3 is 3.06 bits per heavy atom. The third kappa shape index (κ3) is 1.92. The first-order chi connectivity index (χ1) is 8.63. The molecule has 0 saturated carbocycles. The minimum atomic E-state index is -0.311. The summed E-state index contributed by atoms with van der Waals surface area (Å²) in [6.45, 7) is 3.81. The molecule has 2 N–H and O–H groups in total. The predicted octanol–water partition coefficient (Wildman–Crippen LogP) is 1.04. The molecule has 1 aliphatic rings. The van der Waals surface area contributed by atoms with E-state index >= 15 is 0 Å². The summed E-state index contributed by atoms with van der Waals surface area (Å²) < 4.78 is 14.5. The Balaban J connectivity index is 1.87. The molecule has 2 atom stereocenters. The highest BCUT2D eigenvalue weighted by molar-refractivity contribution is 5.45. The number of halogens is 1. The van der Waals surface area contributed by atoms with E-state index in [1.54, 1.807) is 6.07 Å². The molecule has 0 aliphatic carbocycles. The highest BCUT2D eigenvalue weighted by Gasteiger charge is 2.27. The van der Waals surface area contributed by atoms with Crippen LogP contribution in [-0.4, -0.2) is 33.7 Å². The standard InChI is InChI=1S/C12H16FN5/c1-8(14)9-4-5-17(6-9)12-15-11-3-2-10(13)7-18(11)16-12/h2-3,7-9H,4-6,14H2,1H3. The fourth-order valence-corrected chi connectivity index (χ4v) is 2.38. The van der Waals surface area contributed by atoms with Crippen LogP contribution in [0.4, 0.5) is 10.3 Å². The third-order valence-corrected chi connectivity index (χ3v) is 3.53. The third-order valence-electron chi connectivity index (χ3n) is 3.53. The highest BCUT2D eigenvalue weighted by Crippen LogP contribution is 2.23. The number of hydrogen-bond donors (Lipinski definition) is 1. The van der Waals surface area contributed by atoms with Gasteiger partial charge >= 0.3 is 0 Å². The molecule has 2 unspecified atom stereocenters. The molecule has 1 fully saturated rings. The number of fused-ring (bicyclic) bond motifs is 1. The zero-order valence-corrected chi connectivity index (χ0v) is 10.3. The van der Waals surface area contributed by atoms with E-state index < -0.39 is 0 Å². The van der Waals surface area contributed by atoms with Gasteiger partial charge in [0, 0.05) is 19.1 Å². The fraction of sp³-hybridized carbons (Fsp3) is 0.500. The Kier molecular flexibility index (Phi) is 2.66. The van der Waals surface area contributed by atoms with Gasteiger partial charge < -0.3 is 10.6 Å². The van der Waals surface area contributed by atoms with Crippen LogP contribution in [0, 0.1) is 11.7 Å². The molecule has 3 rings (SSSR count). The smallest absolute Gasteiger partial charge is 0.245 e. The summed E-state index contributed by atoms with van der Waals surface area (Å²) in [5, 5.41) is 4.30. The topological polar surface area (TPSA) is 59.5 Å². The van der Waals surface area contributed by atoms with Gasteiger partial charge in [-0.3, -0.25) is 0 Å². The van der Waals surface area contributed by atoms with Gasteiger partial charge in [0.05, 0.1) is 6.20 Å². The molecular formula is C12H16FN5. The lowest BCUT2D eigenvalue weighted by Crippen LogP contribution is -2.30. The van der Waals surface area contributed by atoms with Gasteiger partial charge in [0.15, 0.2) is 5.65 Å². The number of hydrogen-bond acceptors (Lipinski definition) is 4. The van der Waals surface area contributed by atoms with Crippen LogP contribution in [0.15, 0.2) is 18.3 Å². The van der Waals surface area contributed by atoms with E-state index in [1.807, 2.05) is 6.92 Å². The lowest BCUT2D eigenvalue weighted by molar-refractivity contribution is 0.487. The maximum atomic E-state index is 13.1. The van der Waals surface area contributed by atoms with E-state index in [4.69, 9.17) is 5.73 Å². The van der Waals surface area contributed by atoms with Gasteiger partial charge in [-0.2, -0.15) is 4.98 Å². The summed E-state index contributed by atoms with van der Waals surface area (Å²) in [6, 6.07) is 3.21. The van der Waals surface area contributed by atoms with E-state index in [9.17, 15) is 4.39 Å². The molecule has 0 amide bonds. The van der Waals surface area contributed by atoms with Crippen LogP contribution in [0.1, 0.15) is 13.3 Å². The Hall–Kier alpha value is -1.69. The second-order valence-electron chi connectivity index (χ2n) is 4.92. The maximum absolute atomic E-state index is 13.1. The van der Waals surface area contributed by atoms with Crippen molar-refractivity contribution in [2.24, 2.45) is 11.7 Å². The summed E-state index contributed by atoms with van der Waals surface area (Å²) in [5.41, 5.74) is 6.57. The molecule has 0 aromatic carbocycles. The zero-order chi connectivity index (χ0) is 12.7. The molecule has 0 spiro atoms. The van der Waals surface area contributed by atoms with Gasteiger partial charge in [0.2, 0.25) is 5.95 Å². The highest BCUT2D eigenvalue weighted by atomic mass is 19.1. The molecule has 5 nitrogen and oxygen atoms in total. The summed E-state index contributed by atoms with van der Waals surface area (Å²) >= 11 is 0. The van der Waals surface area contributed by atoms with Crippen LogP contribution < -0.4 is 10.6 Å². The van der Waals surface area contributed by atoms with Crippen molar-refractivity contribution in [2.45, 2.75) is 19.4 Å². The first kappa shape index (κ1) is 11.4. The normalized spacial score (nSPS) is 21.7. The molecular weight excluding hydrogens is 233 g/mol. The van der Waals surface area contributed by atoms with Crippen molar-refractivity contribution in [3.63, 3.8) is 0 Å². The first-order valence-electron chi connectivity index (χ1n) is 6.16. The Labute approximate surface area is 104 Å². The van der Waals surface area contributed by atoms with Gasteiger partial charge in [0.25, 0.3) is 0 Å². The van der Waals surface area contributed by atoms with E-state index in [-0.39, 0.29) is 11.9 Å². The van der Waals surface area contributed by atoms with Crippen molar-refractivity contribution < 1.29 is 4.39 Å². The van der Waals surface area contributed by atoms with E-state index in [1.165, 1.54) is 16.8 Å². The second-order valence-corrected chi connectivity index (χ2v) is 4.92. The van der Waals surface area contributed by atoms with Crippen LogP contribution in [0.2, 0.25) is 0 Å². The largest absolute Gasteiger partial charge is 0.339 e. The number of nitrogens with two attached hydrogens (primary N) is 1. The fourth-order valence-electron chi connectivity index (χ4n) is 2.38. The van der Waals surface area contributed by atoms with E-state index in [2.05, 4.69) is 15.0 Å². The second kappa shape index (κ2) is 4.20. The van der Waals surface area contributed by atoms with Crippen molar-refractivity contribution >= 4 is 11.6 Å². The van der Waals surface area contributed by atoms with Crippen molar-refractivity contribution in [3.8, 4) is 0 Å². The summed E-state index contributed by atoms with van der Waals surface area (Å²) in [4.78, 5) is 6.51. The van der Waals surface area contributed by atoms with Gasteiger partial charge in [-0.15, -0.1) is 5.10 Å². The minimum Gasteiger partial charge on any atom is -0.339 e. The van der Waals surface area contributed by atoms with Crippen LogP contribution in [0.25, 0.3) is 5.65 Å². The van der Waals surface area contributed by atoms with Crippen LogP contribution in [0.3, 0.4) is 0 Å². The zero-order valence-electron chi connectivity index (χ0n) is 10.3. The number of aromatic nitrogens is 3. The average Bonchev–Trinajstić information content (AvgIpc) is 2.93. The number of nitrogens with zero attached hydrogens (tertiary/aromatic N) is 4. The lowest BCUT2D eigenvalue weighted by atomic mass is 10.0. The Morgan fingerprint density at radius 2 is 2.33 bits per heavy atom. The molecule has 0 radical (unpaired) electrons. The van der Waals surface area contributed by atoms with Crippen molar-refractivity contribution in [2.75, 3.05) is 18.0 Å². The van der Waals surface area contributed by atoms with E-state index in [0.29, 0.717) is 17.5 Å². The van der Waals surface area contributed by atoms with E-state index in [0.717, 1.165) is 19.5 Å². The van der Waals surface area contributed by atoms with Crippen LogP contribution in [-0.2, 0) is 0 Å². The molecule has 1 saturated heterocycles. The number of pyridine rings is 1. The molecule has 2 aromatic heterocycles. The average molecular weight is 249 g/mol. The molecule has 18 heavy (non-hydrogen) atoms. The monoisotopic (exact) mass is 249 g/mol. The molecule has 1 aliphatic heterocycles. The molecule has 6 heteroatoms. The van der Waals surface area contributed by atoms with Crippen molar-refractivity contribution in [1.29, 1.82) is 0 Å². The molecule has 2 aromatic rings.